The highest BCUT2D eigenvalue weighted by Crippen LogP contribution is 2.48. The molecule has 36 heavy (non-hydrogen) atoms. The van der Waals surface area contributed by atoms with E-state index in [0.717, 1.165) is 16.8 Å². The van der Waals surface area contributed by atoms with Crippen molar-refractivity contribution in [2.24, 2.45) is 0 Å². The highest BCUT2D eigenvalue weighted by molar-refractivity contribution is 6.00. The summed E-state index contributed by atoms with van der Waals surface area (Å²) in [6, 6.07) is 8.83. The first kappa shape index (κ1) is 23.5. The average Bonchev–Trinajstić information content (AvgIpc) is 3.38. The molecule has 0 fully saturated rings. The largest absolute Gasteiger partial charge is 0.496 e. The Morgan fingerprint density at radius 1 is 0.833 bits per heavy atom. The van der Waals surface area contributed by atoms with E-state index in [2.05, 4.69) is 15.4 Å². The number of carbonyl (C=O) groups excluding carboxylic acids is 1. The van der Waals surface area contributed by atoms with Crippen molar-refractivity contribution in [1.29, 1.82) is 0 Å². The minimum absolute atomic E-state index is 0.0199. The van der Waals surface area contributed by atoms with Crippen LogP contribution in [0.1, 0.15) is 35.9 Å². The van der Waals surface area contributed by atoms with E-state index in [0.29, 0.717) is 53.1 Å². The smallest absolute Gasteiger partial charge is 0.226 e. The van der Waals surface area contributed by atoms with Crippen molar-refractivity contribution < 1.29 is 28.5 Å². The SMILES string of the molecule is COc1ccc([C@@H]2CC(=O)C3=C(C2)Nc2ncnn2[C@@H]3c2cc(OC)c(OC)cc2OC)cc1OC. The predicted octanol–water partition coefficient (Wildman–Crippen LogP) is 3.74. The summed E-state index contributed by atoms with van der Waals surface area (Å²) in [4.78, 5) is 18.2. The molecule has 2 aliphatic rings. The van der Waals surface area contributed by atoms with Crippen LogP contribution in [-0.2, 0) is 4.79 Å². The van der Waals surface area contributed by atoms with Crippen molar-refractivity contribution in [3.8, 4) is 28.7 Å². The Balaban J connectivity index is 1.61. The van der Waals surface area contributed by atoms with Gasteiger partial charge in [0.05, 0.1) is 35.5 Å². The minimum Gasteiger partial charge on any atom is -0.496 e. The van der Waals surface area contributed by atoms with Crippen LogP contribution in [0.4, 0.5) is 5.95 Å². The molecular weight excluding hydrogens is 464 g/mol. The van der Waals surface area contributed by atoms with Gasteiger partial charge in [-0.25, -0.2) is 4.68 Å². The van der Waals surface area contributed by atoms with Crippen LogP contribution in [0.3, 0.4) is 0 Å². The van der Waals surface area contributed by atoms with Crippen molar-refractivity contribution in [2.75, 3.05) is 40.9 Å². The zero-order valence-corrected chi connectivity index (χ0v) is 20.8. The minimum atomic E-state index is -0.535. The zero-order chi connectivity index (χ0) is 25.4. The summed E-state index contributed by atoms with van der Waals surface area (Å²) in [5.41, 5.74) is 3.18. The van der Waals surface area contributed by atoms with E-state index in [1.54, 1.807) is 46.3 Å². The van der Waals surface area contributed by atoms with Crippen LogP contribution in [0, 0.1) is 0 Å². The maximum Gasteiger partial charge on any atom is 0.226 e. The molecule has 188 valence electrons. The molecule has 0 amide bonds. The summed E-state index contributed by atoms with van der Waals surface area (Å²) < 4.78 is 29.3. The van der Waals surface area contributed by atoms with E-state index in [4.69, 9.17) is 23.7 Å². The van der Waals surface area contributed by atoms with Crippen LogP contribution in [0.2, 0.25) is 0 Å². The van der Waals surface area contributed by atoms with Crippen LogP contribution in [0.5, 0.6) is 28.7 Å². The van der Waals surface area contributed by atoms with E-state index in [-0.39, 0.29) is 11.7 Å². The second kappa shape index (κ2) is 9.44. The van der Waals surface area contributed by atoms with Gasteiger partial charge in [0.15, 0.2) is 28.8 Å². The number of hydrogen-bond donors (Lipinski definition) is 1. The first-order valence-corrected chi connectivity index (χ1v) is 11.5. The number of Topliss-reactive ketones (excluding diaryl/α,β-unsaturated/α-hetero) is 1. The number of ether oxygens (including phenoxy) is 5. The van der Waals surface area contributed by atoms with Gasteiger partial charge in [0.25, 0.3) is 0 Å². The number of rotatable bonds is 7. The second-order valence-electron chi connectivity index (χ2n) is 8.54. The van der Waals surface area contributed by atoms with Crippen LogP contribution >= 0.6 is 0 Å². The second-order valence-corrected chi connectivity index (χ2v) is 8.54. The first-order valence-electron chi connectivity index (χ1n) is 11.5. The van der Waals surface area contributed by atoms with Crippen molar-refractivity contribution in [3.05, 3.63) is 59.1 Å². The van der Waals surface area contributed by atoms with E-state index in [1.807, 2.05) is 24.3 Å². The summed E-state index contributed by atoms with van der Waals surface area (Å²) in [5, 5.41) is 7.78. The highest BCUT2D eigenvalue weighted by atomic mass is 16.5. The number of benzene rings is 2. The molecule has 2 atom stereocenters. The summed E-state index contributed by atoms with van der Waals surface area (Å²) in [6.45, 7) is 0. The number of carbonyl (C=O) groups is 1. The fraction of sp³-hybridized carbons (Fsp3) is 0.346. The summed E-state index contributed by atoms with van der Waals surface area (Å²) >= 11 is 0. The molecular formula is C26H28N4O6. The molecule has 2 aromatic carbocycles. The van der Waals surface area contributed by atoms with E-state index in [9.17, 15) is 4.79 Å². The Kier molecular flexibility index (Phi) is 6.17. The van der Waals surface area contributed by atoms with E-state index >= 15 is 0 Å². The number of anilines is 1. The fourth-order valence-corrected chi connectivity index (χ4v) is 5.05. The molecule has 1 N–H and O–H groups in total. The van der Waals surface area contributed by atoms with Crippen molar-refractivity contribution in [3.63, 3.8) is 0 Å². The van der Waals surface area contributed by atoms with Gasteiger partial charge >= 0.3 is 0 Å². The summed E-state index contributed by atoms with van der Waals surface area (Å²) in [6.07, 6.45) is 2.43. The van der Waals surface area contributed by atoms with Crippen LogP contribution in [0.15, 0.2) is 47.9 Å². The van der Waals surface area contributed by atoms with Gasteiger partial charge in [-0.2, -0.15) is 10.1 Å². The molecule has 0 spiro atoms. The maximum absolute atomic E-state index is 13.8. The number of allylic oxidation sites excluding steroid dienone is 2. The third-order valence-electron chi connectivity index (χ3n) is 6.77. The highest BCUT2D eigenvalue weighted by Gasteiger charge is 2.41. The van der Waals surface area contributed by atoms with Crippen molar-refractivity contribution >= 4 is 11.7 Å². The fourth-order valence-electron chi connectivity index (χ4n) is 5.05. The number of aromatic nitrogens is 3. The van der Waals surface area contributed by atoms with Gasteiger partial charge in [-0.3, -0.25) is 4.79 Å². The lowest BCUT2D eigenvalue weighted by Gasteiger charge is -2.35. The van der Waals surface area contributed by atoms with Crippen LogP contribution in [-0.4, -0.2) is 56.1 Å². The first-order chi connectivity index (χ1) is 17.5. The third kappa shape index (κ3) is 3.78. The standard InChI is InChI=1S/C26H28N4O6/c1-32-19-7-6-14(10-21(19)34-3)15-8-17-24(18(31)9-15)25(30-26(29-17)27-13-28-30)16-11-22(35-4)23(36-5)12-20(16)33-2/h6-7,10-13,15,25H,8-9H2,1-5H3,(H,27,28,29)/t15-,25+/m0/s1. The number of nitrogens with one attached hydrogen (secondary N) is 1. The van der Waals surface area contributed by atoms with Gasteiger partial charge < -0.3 is 29.0 Å². The molecule has 0 bridgehead atoms. The predicted molar refractivity (Wildman–Crippen MR) is 131 cm³/mol. The normalized spacial score (nSPS) is 18.6. The van der Waals surface area contributed by atoms with Crippen LogP contribution < -0.4 is 29.0 Å². The van der Waals surface area contributed by atoms with Gasteiger partial charge in [-0.1, -0.05) is 6.07 Å². The Labute approximate surface area is 208 Å². The number of methoxy groups -OCH3 is 5. The topological polar surface area (TPSA) is 106 Å². The summed E-state index contributed by atoms with van der Waals surface area (Å²) in [5.74, 6) is 3.43. The Bertz CT molecular complexity index is 1350. The Hall–Kier alpha value is -4.21. The molecule has 0 saturated carbocycles. The summed E-state index contributed by atoms with van der Waals surface area (Å²) in [7, 11) is 7.92. The van der Waals surface area contributed by atoms with E-state index < -0.39 is 6.04 Å². The molecule has 1 aliphatic carbocycles. The van der Waals surface area contributed by atoms with Crippen LogP contribution in [0.25, 0.3) is 0 Å². The molecule has 5 rings (SSSR count). The molecule has 0 unspecified atom stereocenters. The van der Waals surface area contributed by atoms with E-state index in [1.165, 1.54) is 6.33 Å². The number of hydrogen-bond acceptors (Lipinski definition) is 9. The molecule has 0 saturated heterocycles. The van der Waals surface area contributed by atoms with Crippen molar-refractivity contribution in [2.45, 2.75) is 24.8 Å². The lowest BCUT2D eigenvalue weighted by atomic mass is 9.77. The van der Waals surface area contributed by atoms with Gasteiger partial charge in [-0.05, 0) is 36.1 Å². The molecule has 2 heterocycles. The zero-order valence-electron chi connectivity index (χ0n) is 20.8. The Morgan fingerprint density at radius 3 is 2.19 bits per heavy atom. The van der Waals surface area contributed by atoms with Gasteiger partial charge in [0.1, 0.15) is 18.1 Å². The molecule has 3 aromatic rings. The molecule has 1 aliphatic heterocycles. The van der Waals surface area contributed by atoms with Gasteiger partial charge in [0.2, 0.25) is 5.95 Å². The quantitative estimate of drug-likeness (QED) is 0.528. The lowest BCUT2D eigenvalue weighted by molar-refractivity contribution is -0.116. The number of ketones is 1. The third-order valence-corrected chi connectivity index (χ3v) is 6.77. The average molecular weight is 493 g/mol. The monoisotopic (exact) mass is 492 g/mol. The molecule has 0 radical (unpaired) electrons. The number of nitrogens with zero attached hydrogens (tertiary/aromatic N) is 3. The molecule has 10 nitrogen and oxygen atoms in total. The lowest BCUT2D eigenvalue weighted by Crippen LogP contribution is -2.33. The maximum atomic E-state index is 13.8. The van der Waals surface area contributed by atoms with Gasteiger partial charge in [0, 0.05) is 29.3 Å². The number of fused-ring (bicyclic) bond motifs is 1. The van der Waals surface area contributed by atoms with Crippen molar-refractivity contribution in [1.82, 2.24) is 14.8 Å². The molecule has 10 heteroatoms. The Morgan fingerprint density at radius 2 is 1.50 bits per heavy atom. The van der Waals surface area contributed by atoms with Gasteiger partial charge in [-0.15, -0.1) is 0 Å². The molecule has 1 aromatic heterocycles.